The van der Waals surface area contributed by atoms with Gasteiger partial charge < -0.3 is 9.88 Å². The van der Waals surface area contributed by atoms with E-state index in [9.17, 15) is 0 Å². The molecule has 0 saturated carbocycles. The number of fused-ring (bicyclic) bond motifs is 1. The van der Waals surface area contributed by atoms with E-state index >= 15 is 0 Å². The summed E-state index contributed by atoms with van der Waals surface area (Å²) < 4.78 is 2.17. The first kappa shape index (κ1) is 11.3. The maximum absolute atomic E-state index is 4.33. The van der Waals surface area contributed by atoms with Crippen molar-refractivity contribution in [2.24, 2.45) is 0 Å². The zero-order valence-corrected chi connectivity index (χ0v) is 10.8. The summed E-state index contributed by atoms with van der Waals surface area (Å²) in [6.07, 6.45) is 0. The highest BCUT2D eigenvalue weighted by Crippen LogP contribution is 2.25. The van der Waals surface area contributed by atoms with Crippen molar-refractivity contribution in [3.63, 3.8) is 0 Å². The summed E-state index contributed by atoms with van der Waals surface area (Å²) in [5.41, 5.74) is 2.81. The number of hydrogen-bond donors (Lipinski definition) is 1. The monoisotopic (exact) mass is 244 g/mol. The van der Waals surface area contributed by atoms with E-state index in [0.29, 0.717) is 0 Å². The molecular weight excluding hydrogens is 228 g/mol. The zero-order chi connectivity index (χ0) is 12.7. The van der Waals surface area contributed by atoms with Crippen LogP contribution in [0.5, 0.6) is 0 Å². The molecule has 0 spiro atoms. The van der Waals surface area contributed by atoms with Crippen LogP contribution in [0.3, 0.4) is 0 Å². The molecule has 0 aromatic carbocycles. The van der Waals surface area contributed by atoms with Crippen LogP contribution in [0.2, 0.25) is 0 Å². The maximum atomic E-state index is 4.33. The molecule has 18 heavy (non-hydrogen) atoms. The van der Waals surface area contributed by atoms with Gasteiger partial charge in [-0.2, -0.15) is 10.2 Å². The normalized spacial score (nSPS) is 18.7. The molecule has 0 amide bonds. The number of aromatic nitrogens is 5. The van der Waals surface area contributed by atoms with Crippen molar-refractivity contribution in [2.45, 2.75) is 33.4 Å². The van der Waals surface area contributed by atoms with E-state index in [1.807, 2.05) is 19.9 Å². The average Bonchev–Trinajstić information content (AvgIpc) is 2.77. The molecule has 6 heteroatoms. The lowest BCUT2D eigenvalue weighted by atomic mass is 10.1. The molecule has 0 fully saturated rings. The molecule has 1 N–H and O–H groups in total. The highest BCUT2D eigenvalue weighted by molar-refractivity contribution is 5.58. The van der Waals surface area contributed by atoms with Crippen LogP contribution < -0.4 is 5.32 Å². The third-order valence-electron chi connectivity index (χ3n) is 3.29. The van der Waals surface area contributed by atoms with Crippen molar-refractivity contribution in [1.29, 1.82) is 0 Å². The third-order valence-corrected chi connectivity index (χ3v) is 3.29. The Hall–Kier alpha value is -1.82. The molecule has 0 bridgehead atoms. The molecule has 2 aromatic heterocycles. The number of hydrogen-bond acceptors (Lipinski definition) is 5. The van der Waals surface area contributed by atoms with E-state index < -0.39 is 0 Å². The molecule has 3 rings (SSSR count). The minimum atomic E-state index is 0.246. The predicted molar refractivity (Wildman–Crippen MR) is 66.9 cm³/mol. The Morgan fingerprint density at radius 2 is 2.06 bits per heavy atom. The van der Waals surface area contributed by atoms with Gasteiger partial charge in [0.25, 0.3) is 0 Å². The van der Waals surface area contributed by atoms with E-state index in [4.69, 9.17) is 0 Å². The first-order valence-corrected chi connectivity index (χ1v) is 6.14. The van der Waals surface area contributed by atoms with Crippen molar-refractivity contribution in [3.8, 4) is 11.4 Å². The van der Waals surface area contributed by atoms with Crippen LogP contribution in [0.4, 0.5) is 0 Å². The van der Waals surface area contributed by atoms with Gasteiger partial charge in [-0.3, -0.25) is 0 Å². The SMILES string of the molecule is Cc1cc(-c2nnc3n2CCNC3C)c(C)nn1. The van der Waals surface area contributed by atoms with Gasteiger partial charge in [0.05, 0.1) is 17.4 Å². The van der Waals surface area contributed by atoms with Gasteiger partial charge in [-0.25, -0.2) is 0 Å². The molecule has 1 unspecified atom stereocenters. The van der Waals surface area contributed by atoms with Gasteiger partial charge >= 0.3 is 0 Å². The summed E-state index contributed by atoms with van der Waals surface area (Å²) in [4.78, 5) is 0. The number of nitrogens with one attached hydrogen (secondary N) is 1. The Morgan fingerprint density at radius 1 is 1.22 bits per heavy atom. The van der Waals surface area contributed by atoms with E-state index in [1.165, 1.54) is 0 Å². The first-order chi connectivity index (χ1) is 8.66. The van der Waals surface area contributed by atoms with Crippen molar-refractivity contribution >= 4 is 0 Å². The fraction of sp³-hybridized carbons (Fsp3) is 0.500. The summed E-state index contributed by atoms with van der Waals surface area (Å²) in [5.74, 6) is 1.89. The fourth-order valence-electron chi connectivity index (χ4n) is 2.32. The highest BCUT2D eigenvalue weighted by atomic mass is 15.3. The average molecular weight is 244 g/mol. The van der Waals surface area contributed by atoms with Crippen LogP contribution in [0, 0.1) is 13.8 Å². The first-order valence-electron chi connectivity index (χ1n) is 6.14. The van der Waals surface area contributed by atoms with Crippen LogP contribution in [0.15, 0.2) is 6.07 Å². The van der Waals surface area contributed by atoms with Crippen LogP contribution in [-0.4, -0.2) is 31.5 Å². The number of rotatable bonds is 1. The Morgan fingerprint density at radius 3 is 2.89 bits per heavy atom. The largest absolute Gasteiger partial charge is 0.308 e. The van der Waals surface area contributed by atoms with E-state index in [1.54, 1.807) is 0 Å². The molecule has 2 aromatic rings. The third kappa shape index (κ3) is 1.69. The van der Waals surface area contributed by atoms with Gasteiger partial charge in [0.15, 0.2) is 5.82 Å². The van der Waals surface area contributed by atoms with Gasteiger partial charge in [0.2, 0.25) is 0 Å². The minimum absolute atomic E-state index is 0.246. The van der Waals surface area contributed by atoms with E-state index in [0.717, 1.165) is 41.7 Å². The molecule has 0 aliphatic carbocycles. The molecule has 6 nitrogen and oxygen atoms in total. The van der Waals surface area contributed by atoms with Crippen LogP contribution in [-0.2, 0) is 6.54 Å². The van der Waals surface area contributed by atoms with Crippen molar-refractivity contribution in [1.82, 2.24) is 30.3 Å². The van der Waals surface area contributed by atoms with Gasteiger partial charge in [-0.05, 0) is 26.8 Å². The van der Waals surface area contributed by atoms with Gasteiger partial charge in [0, 0.05) is 18.7 Å². The van der Waals surface area contributed by atoms with Gasteiger partial charge in [0.1, 0.15) is 5.82 Å². The van der Waals surface area contributed by atoms with Gasteiger partial charge in [-0.1, -0.05) is 0 Å². The van der Waals surface area contributed by atoms with Gasteiger partial charge in [-0.15, -0.1) is 10.2 Å². The lowest BCUT2D eigenvalue weighted by Crippen LogP contribution is -2.32. The molecule has 1 aliphatic rings. The molecule has 0 saturated heterocycles. The van der Waals surface area contributed by atoms with E-state index in [-0.39, 0.29) is 6.04 Å². The fourth-order valence-corrected chi connectivity index (χ4v) is 2.32. The summed E-state index contributed by atoms with van der Waals surface area (Å²) in [6.45, 7) is 7.83. The van der Waals surface area contributed by atoms with Crippen LogP contribution >= 0.6 is 0 Å². The second kappa shape index (κ2) is 4.13. The van der Waals surface area contributed by atoms with Crippen LogP contribution in [0.25, 0.3) is 11.4 Å². The lowest BCUT2D eigenvalue weighted by Gasteiger charge is -2.22. The summed E-state index contributed by atoms with van der Waals surface area (Å²) in [6, 6.07) is 2.27. The number of aryl methyl sites for hydroxylation is 2. The molecular formula is C12H16N6. The molecule has 1 atom stereocenters. The summed E-state index contributed by atoms with van der Waals surface area (Å²) in [7, 11) is 0. The lowest BCUT2D eigenvalue weighted by molar-refractivity contribution is 0.439. The molecule has 0 radical (unpaired) electrons. The smallest absolute Gasteiger partial charge is 0.166 e. The number of nitrogens with zero attached hydrogens (tertiary/aromatic N) is 5. The van der Waals surface area contributed by atoms with Crippen molar-refractivity contribution in [3.05, 3.63) is 23.3 Å². The Labute approximate surface area is 105 Å². The topological polar surface area (TPSA) is 68.5 Å². The Bertz CT molecular complexity index is 588. The van der Waals surface area contributed by atoms with Crippen molar-refractivity contribution < 1.29 is 0 Å². The van der Waals surface area contributed by atoms with E-state index in [2.05, 4.69) is 37.2 Å². The molecule has 3 heterocycles. The molecule has 94 valence electrons. The minimum Gasteiger partial charge on any atom is -0.308 e. The van der Waals surface area contributed by atoms with Crippen LogP contribution in [0.1, 0.15) is 30.2 Å². The quantitative estimate of drug-likeness (QED) is 0.811. The second-order valence-corrected chi connectivity index (χ2v) is 4.69. The zero-order valence-electron chi connectivity index (χ0n) is 10.8. The summed E-state index contributed by atoms with van der Waals surface area (Å²) >= 11 is 0. The summed E-state index contributed by atoms with van der Waals surface area (Å²) in [5, 5.41) is 20.2. The highest BCUT2D eigenvalue weighted by Gasteiger charge is 2.23. The predicted octanol–water partition coefficient (Wildman–Crippen LogP) is 1.02. The Balaban J connectivity index is 2.15. The molecule has 1 aliphatic heterocycles. The standard InChI is InChI=1S/C12H16N6/c1-7-6-10(8(2)15-14-7)12-17-16-11-9(3)13-4-5-18(11)12/h6,9,13H,4-5H2,1-3H3. The second-order valence-electron chi connectivity index (χ2n) is 4.69. The maximum Gasteiger partial charge on any atom is 0.166 e. The Kier molecular flexibility index (Phi) is 2.59. The van der Waals surface area contributed by atoms with Crippen molar-refractivity contribution in [2.75, 3.05) is 6.54 Å².